The van der Waals surface area contributed by atoms with E-state index in [0.29, 0.717) is 6.04 Å². The van der Waals surface area contributed by atoms with Crippen molar-refractivity contribution in [3.05, 3.63) is 0 Å². The lowest BCUT2D eigenvalue weighted by molar-refractivity contribution is -0.0132. The Hall–Kier alpha value is -0.0800. The predicted molar refractivity (Wildman–Crippen MR) is 113 cm³/mol. The summed E-state index contributed by atoms with van der Waals surface area (Å²) in [5.74, 6) is 2.79. The van der Waals surface area contributed by atoms with Gasteiger partial charge in [-0.2, -0.15) is 0 Å². The molecule has 0 aromatic rings. The molecule has 3 N–H and O–H groups in total. The van der Waals surface area contributed by atoms with Gasteiger partial charge in [0.1, 0.15) is 0 Å². The standard InChI is InChI=1S/C19H35N3O2.HI/c1-20-18(21-13-19(14-23)8-10-24-11-9-19)22-17-7-6-15-4-2-3-5-16(15)12-17;/h15-17,23H,2-14H2,1H3,(H2,20,21,22);1H. The molecule has 3 fully saturated rings. The molecule has 3 aliphatic rings. The number of halogens is 1. The van der Waals surface area contributed by atoms with Crippen LogP contribution >= 0.6 is 24.0 Å². The number of rotatable bonds is 4. The Kier molecular flexibility index (Phi) is 8.75. The first-order chi connectivity index (χ1) is 11.7. The number of aliphatic hydroxyl groups is 1. The first kappa shape index (κ1) is 21.2. The van der Waals surface area contributed by atoms with Gasteiger partial charge in [-0.1, -0.05) is 25.7 Å². The first-order valence-electron chi connectivity index (χ1n) is 9.90. The molecule has 0 aromatic heterocycles. The number of hydrogen-bond acceptors (Lipinski definition) is 3. The van der Waals surface area contributed by atoms with Gasteiger partial charge in [0, 0.05) is 38.3 Å². The van der Waals surface area contributed by atoms with E-state index >= 15 is 0 Å². The zero-order valence-corrected chi connectivity index (χ0v) is 18.0. The number of guanidine groups is 1. The minimum absolute atomic E-state index is 0. The minimum Gasteiger partial charge on any atom is -0.396 e. The summed E-state index contributed by atoms with van der Waals surface area (Å²) in [6.45, 7) is 2.48. The maximum atomic E-state index is 9.82. The Morgan fingerprint density at radius 1 is 1.12 bits per heavy atom. The molecular formula is C19H36IN3O2. The van der Waals surface area contributed by atoms with Crippen molar-refractivity contribution in [2.24, 2.45) is 22.2 Å². The van der Waals surface area contributed by atoms with Crippen LogP contribution in [0.4, 0.5) is 0 Å². The second kappa shape index (κ2) is 10.3. The topological polar surface area (TPSA) is 65.9 Å². The fourth-order valence-corrected chi connectivity index (χ4v) is 4.86. The third-order valence-corrected chi connectivity index (χ3v) is 6.62. The van der Waals surface area contributed by atoms with E-state index in [0.717, 1.165) is 50.4 Å². The lowest BCUT2D eigenvalue weighted by atomic mass is 9.69. The SMILES string of the molecule is CN=C(NCC1(CO)CCOCC1)NC1CCC2CCCCC2C1.I. The van der Waals surface area contributed by atoms with Gasteiger partial charge in [-0.25, -0.2) is 0 Å². The van der Waals surface area contributed by atoms with Gasteiger partial charge in [-0.05, 0) is 43.9 Å². The van der Waals surface area contributed by atoms with Crippen LogP contribution in [-0.2, 0) is 4.74 Å². The Balaban J connectivity index is 0.00000225. The highest BCUT2D eigenvalue weighted by atomic mass is 127. The highest BCUT2D eigenvalue weighted by Crippen LogP contribution is 2.40. The highest BCUT2D eigenvalue weighted by Gasteiger charge is 2.34. The average molecular weight is 465 g/mol. The van der Waals surface area contributed by atoms with Crippen molar-refractivity contribution in [2.45, 2.75) is 63.8 Å². The van der Waals surface area contributed by atoms with E-state index in [1.165, 1.54) is 44.9 Å². The third kappa shape index (κ3) is 5.70. The normalized spacial score (nSPS) is 32.2. The molecule has 6 heteroatoms. The maximum absolute atomic E-state index is 9.82. The molecule has 2 saturated carbocycles. The monoisotopic (exact) mass is 465 g/mol. The quantitative estimate of drug-likeness (QED) is 0.340. The largest absolute Gasteiger partial charge is 0.396 e. The van der Waals surface area contributed by atoms with Crippen molar-refractivity contribution in [2.75, 3.05) is 33.4 Å². The van der Waals surface area contributed by atoms with Crippen LogP contribution in [0.1, 0.15) is 57.8 Å². The molecule has 1 saturated heterocycles. The van der Waals surface area contributed by atoms with Gasteiger partial charge < -0.3 is 20.5 Å². The summed E-state index contributed by atoms with van der Waals surface area (Å²) in [7, 11) is 1.84. The van der Waals surface area contributed by atoms with Crippen LogP contribution < -0.4 is 10.6 Å². The van der Waals surface area contributed by atoms with Crippen LogP contribution in [0.3, 0.4) is 0 Å². The summed E-state index contributed by atoms with van der Waals surface area (Å²) >= 11 is 0. The van der Waals surface area contributed by atoms with Crippen molar-refractivity contribution < 1.29 is 9.84 Å². The molecule has 0 bridgehead atoms. The number of fused-ring (bicyclic) bond motifs is 1. The molecule has 25 heavy (non-hydrogen) atoms. The Bertz CT molecular complexity index is 427. The lowest BCUT2D eigenvalue weighted by Crippen LogP contribution is -2.51. The van der Waals surface area contributed by atoms with Crippen LogP contribution in [-0.4, -0.2) is 50.5 Å². The van der Waals surface area contributed by atoms with E-state index in [9.17, 15) is 5.11 Å². The van der Waals surface area contributed by atoms with E-state index in [2.05, 4.69) is 15.6 Å². The lowest BCUT2D eigenvalue weighted by Gasteiger charge is -2.40. The fourth-order valence-electron chi connectivity index (χ4n) is 4.86. The van der Waals surface area contributed by atoms with Crippen molar-refractivity contribution in [1.82, 2.24) is 10.6 Å². The van der Waals surface area contributed by atoms with Gasteiger partial charge in [0.2, 0.25) is 0 Å². The van der Waals surface area contributed by atoms with Crippen LogP contribution in [0, 0.1) is 17.3 Å². The third-order valence-electron chi connectivity index (χ3n) is 6.62. The average Bonchev–Trinajstić information content (AvgIpc) is 2.65. The molecule has 3 atom stereocenters. The van der Waals surface area contributed by atoms with E-state index in [4.69, 9.17) is 4.74 Å². The summed E-state index contributed by atoms with van der Waals surface area (Å²) in [5.41, 5.74) is -0.0586. The van der Waals surface area contributed by atoms with E-state index < -0.39 is 0 Å². The number of nitrogens with zero attached hydrogens (tertiary/aromatic N) is 1. The van der Waals surface area contributed by atoms with E-state index in [-0.39, 0.29) is 36.0 Å². The zero-order valence-electron chi connectivity index (χ0n) is 15.6. The molecule has 0 amide bonds. The van der Waals surface area contributed by atoms with Gasteiger partial charge in [-0.3, -0.25) is 4.99 Å². The minimum atomic E-state index is -0.0586. The first-order valence-corrected chi connectivity index (χ1v) is 9.90. The summed E-state index contributed by atoms with van der Waals surface area (Å²) in [5, 5.41) is 16.9. The summed E-state index contributed by atoms with van der Waals surface area (Å²) in [6.07, 6.45) is 11.5. The Morgan fingerprint density at radius 3 is 2.52 bits per heavy atom. The van der Waals surface area contributed by atoms with Gasteiger partial charge in [-0.15, -0.1) is 24.0 Å². The Morgan fingerprint density at radius 2 is 1.84 bits per heavy atom. The number of hydrogen-bond donors (Lipinski definition) is 3. The molecule has 146 valence electrons. The second-order valence-electron chi connectivity index (χ2n) is 8.16. The number of nitrogens with one attached hydrogen (secondary N) is 2. The van der Waals surface area contributed by atoms with E-state index in [1.807, 2.05) is 7.05 Å². The predicted octanol–water partition coefficient (Wildman–Crippen LogP) is 2.92. The molecule has 3 unspecified atom stereocenters. The molecule has 0 aromatic carbocycles. The van der Waals surface area contributed by atoms with Crippen LogP contribution in [0.15, 0.2) is 4.99 Å². The van der Waals surface area contributed by atoms with Gasteiger partial charge >= 0.3 is 0 Å². The number of ether oxygens (including phenoxy) is 1. The molecule has 2 aliphatic carbocycles. The molecule has 1 aliphatic heterocycles. The van der Waals surface area contributed by atoms with Crippen LogP contribution in [0.5, 0.6) is 0 Å². The van der Waals surface area contributed by atoms with Crippen LogP contribution in [0.25, 0.3) is 0 Å². The molecule has 0 spiro atoms. The number of aliphatic imine (C=N–C) groups is 1. The van der Waals surface area contributed by atoms with Gasteiger partial charge in [0.25, 0.3) is 0 Å². The molecule has 0 radical (unpaired) electrons. The zero-order chi connectivity index (χ0) is 16.8. The summed E-state index contributed by atoms with van der Waals surface area (Å²) in [6, 6.07) is 0.551. The maximum Gasteiger partial charge on any atom is 0.191 e. The van der Waals surface area contributed by atoms with Crippen molar-refractivity contribution in [3.8, 4) is 0 Å². The molecule has 5 nitrogen and oxygen atoms in total. The van der Waals surface area contributed by atoms with Gasteiger partial charge in [0.05, 0.1) is 6.61 Å². The second-order valence-corrected chi connectivity index (χ2v) is 8.16. The van der Waals surface area contributed by atoms with E-state index in [1.54, 1.807) is 0 Å². The summed E-state index contributed by atoms with van der Waals surface area (Å²) in [4.78, 5) is 4.42. The molecule has 3 rings (SSSR count). The van der Waals surface area contributed by atoms with Crippen LogP contribution in [0.2, 0.25) is 0 Å². The summed E-state index contributed by atoms with van der Waals surface area (Å²) < 4.78 is 5.45. The van der Waals surface area contributed by atoms with Crippen molar-refractivity contribution in [3.63, 3.8) is 0 Å². The molecule has 1 heterocycles. The van der Waals surface area contributed by atoms with Gasteiger partial charge in [0.15, 0.2) is 5.96 Å². The molecular weight excluding hydrogens is 429 g/mol. The fraction of sp³-hybridized carbons (Fsp3) is 0.947. The van der Waals surface area contributed by atoms with Crippen molar-refractivity contribution in [1.29, 1.82) is 0 Å². The number of aliphatic hydroxyl groups excluding tert-OH is 1. The smallest absolute Gasteiger partial charge is 0.191 e. The van der Waals surface area contributed by atoms with Crippen molar-refractivity contribution >= 4 is 29.9 Å². The Labute approximate surface area is 169 Å². The highest BCUT2D eigenvalue weighted by molar-refractivity contribution is 14.0.